The highest BCUT2D eigenvalue weighted by Gasteiger charge is 2.25. The Hall–Kier alpha value is 1.38. The molecule has 0 saturated heterocycles. The van der Waals surface area contributed by atoms with Crippen molar-refractivity contribution in [3.05, 3.63) is 0 Å². The minimum absolute atomic E-state index is 0. The van der Waals surface area contributed by atoms with Crippen molar-refractivity contribution in [1.82, 2.24) is 0 Å². The molecule has 11 heavy (non-hydrogen) atoms. The van der Waals surface area contributed by atoms with Gasteiger partial charge in [-0.05, 0) is 15.9 Å². The van der Waals surface area contributed by atoms with Gasteiger partial charge in [0.15, 0.2) is 6.10 Å². The first-order chi connectivity index (χ1) is 4.79. The summed E-state index contributed by atoms with van der Waals surface area (Å²) in [6.45, 7) is 0. The molecule has 0 aromatic rings. The van der Waals surface area contributed by atoms with E-state index in [2.05, 4.69) is 0 Å². The summed E-state index contributed by atoms with van der Waals surface area (Å²) in [6.07, 6.45) is 5.35. The van der Waals surface area contributed by atoms with E-state index in [4.69, 9.17) is 3.07 Å². The Labute approximate surface area is 91.7 Å². The normalized spacial score (nSPS) is 19.9. The molecule has 3 nitrogen and oxygen atoms in total. The monoisotopic (exact) mass is 282 g/mol. The van der Waals surface area contributed by atoms with Crippen LogP contribution in [0.5, 0.6) is 0 Å². The van der Waals surface area contributed by atoms with E-state index >= 15 is 0 Å². The van der Waals surface area contributed by atoms with Gasteiger partial charge < -0.3 is 6.87 Å². The lowest BCUT2D eigenvalue weighted by Gasteiger charge is -2.14. The molecule has 0 bridgehead atoms. The molecule has 0 spiro atoms. The van der Waals surface area contributed by atoms with E-state index in [1.807, 2.05) is 0 Å². The summed E-state index contributed by atoms with van der Waals surface area (Å²) in [5.41, 5.74) is 0. The SMILES string of the molecule is [Mg].[O-][I+2]([O-])OC1CCCCC1. The second-order valence-electron chi connectivity index (χ2n) is 2.54. The first-order valence-corrected chi connectivity index (χ1v) is 6.16. The molecule has 0 aromatic heterocycles. The Morgan fingerprint density at radius 3 is 2.09 bits per heavy atom. The van der Waals surface area contributed by atoms with Crippen LogP contribution in [0.15, 0.2) is 0 Å². The fourth-order valence-corrected chi connectivity index (χ4v) is 2.35. The fraction of sp³-hybridized carbons (Fsp3) is 1.00. The summed E-state index contributed by atoms with van der Waals surface area (Å²) in [7, 11) is 0. The molecule has 0 atom stereocenters. The molecule has 1 rings (SSSR count). The maximum Gasteiger partial charge on any atom is 0.506 e. The lowest BCUT2D eigenvalue weighted by atomic mass is 9.98. The third-order valence-corrected chi connectivity index (χ3v) is 2.89. The van der Waals surface area contributed by atoms with E-state index in [0.717, 1.165) is 25.7 Å². The molecule has 1 fully saturated rings. The van der Waals surface area contributed by atoms with Gasteiger partial charge in [0.1, 0.15) is 0 Å². The van der Waals surface area contributed by atoms with E-state index in [-0.39, 0.29) is 29.2 Å². The van der Waals surface area contributed by atoms with Crippen molar-refractivity contribution in [1.29, 1.82) is 0 Å². The highest BCUT2D eigenvalue weighted by molar-refractivity contribution is 5.75. The molecule has 62 valence electrons. The quantitative estimate of drug-likeness (QED) is 0.384. The Bertz CT molecular complexity index is 95.8. The molecule has 0 aliphatic heterocycles. The van der Waals surface area contributed by atoms with Crippen LogP contribution in [-0.2, 0) is 3.07 Å². The van der Waals surface area contributed by atoms with Crippen LogP contribution in [-0.4, -0.2) is 29.2 Å². The Morgan fingerprint density at radius 2 is 1.64 bits per heavy atom. The van der Waals surface area contributed by atoms with E-state index in [0.29, 0.717) is 0 Å². The van der Waals surface area contributed by atoms with Crippen LogP contribution >= 0.6 is 0 Å². The second kappa shape index (κ2) is 6.85. The molecule has 1 saturated carbocycles. The summed E-state index contributed by atoms with van der Waals surface area (Å²) in [5.74, 6) is 0. The standard InChI is InChI=1S/C6H11IO3.Mg/c8-7(9)10-6-4-2-1-3-5-6;/h6H,1-5H2;. The van der Waals surface area contributed by atoms with E-state index in [1.54, 1.807) is 0 Å². The van der Waals surface area contributed by atoms with Gasteiger partial charge in [0.05, 0.1) is 0 Å². The van der Waals surface area contributed by atoms with Gasteiger partial charge in [-0.3, -0.25) is 0 Å². The minimum Gasteiger partial charge on any atom is -0.396 e. The first-order valence-electron chi connectivity index (χ1n) is 3.52. The smallest absolute Gasteiger partial charge is 0.396 e. The zero-order valence-electron chi connectivity index (χ0n) is 6.42. The third kappa shape index (κ3) is 5.59. The lowest BCUT2D eigenvalue weighted by molar-refractivity contribution is -1.63. The molecule has 0 aromatic carbocycles. The summed E-state index contributed by atoms with van der Waals surface area (Å²) in [6, 6.07) is 0. The summed E-state index contributed by atoms with van der Waals surface area (Å²) < 4.78 is 25.1. The molecule has 1 aliphatic rings. The summed E-state index contributed by atoms with van der Waals surface area (Å²) in [4.78, 5) is 0. The van der Waals surface area contributed by atoms with Crippen molar-refractivity contribution in [3.8, 4) is 0 Å². The molecule has 1 aliphatic carbocycles. The van der Waals surface area contributed by atoms with Gasteiger partial charge in [-0.1, -0.05) is 19.3 Å². The Morgan fingerprint density at radius 1 is 1.09 bits per heavy atom. The zero-order chi connectivity index (χ0) is 7.40. The topological polar surface area (TPSA) is 55.3 Å². The van der Waals surface area contributed by atoms with E-state index in [1.165, 1.54) is 6.42 Å². The van der Waals surface area contributed by atoms with Crippen LogP contribution in [0.2, 0.25) is 0 Å². The molecular formula is C6H11IMgO3. The van der Waals surface area contributed by atoms with Crippen molar-refractivity contribution < 1.29 is 31.0 Å². The average Bonchev–Trinajstić information content (AvgIpc) is 1.88. The van der Waals surface area contributed by atoms with Gasteiger partial charge in [-0.15, -0.1) is 0 Å². The maximum atomic E-state index is 10.2. The van der Waals surface area contributed by atoms with Crippen molar-refractivity contribution >= 4 is 23.1 Å². The Balaban J connectivity index is 0.000001000. The third-order valence-electron chi connectivity index (χ3n) is 1.75. The molecule has 2 radical (unpaired) electrons. The fourth-order valence-electron chi connectivity index (χ4n) is 1.26. The van der Waals surface area contributed by atoms with Gasteiger partial charge in [0.25, 0.3) is 0 Å². The molecule has 0 N–H and O–H groups in total. The molecular weight excluding hydrogens is 271 g/mol. The van der Waals surface area contributed by atoms with Crippen molar-refractivity contribution in [3.63, 3.8) is 0 Å². The minimum atomic E-state index is -3.39. The van der Waals surface area contributed by atoms with Crippen molar-refractivity contribution in [2.75, 3.05) is 0 Å². The number of rotatable bonds is 2. The summed E-state index contributed by atoms with van der Waals surface area (Å²) in [5, 5.41) is 0. The number of hydrogen-bond donors (Lipinski definition) is 0. The lowest BCUT2D eigenvalue weighted by Crippen LogP contribution is -3.99. The molecule has 0 unspecified atom stereocenters. The predicted molar refractivity (Wildman–Crippen MR) is 33.7 cm³/mol. The number of hydrogen-bond acceptors (Lipinski definition) is 3. The van der Waals surface area contributed by atoms with Crippen LogP contribution in [0.3, 0.4) is 0 Å². The molecule has 5 heteroatoms. The largest absolute Gasteiger partial charge is 0.506 e. The predicted octanol–water partition coefficient (Wildman–Crippen LogP) is -3.95. The first kappa shape index (κ1) is 12.4. The van der Waals surface area contributed by atoms with Gasteiger partial charge in [0, 0.05) is 23.1 Å². The zero-order valence-corrected chi connectivity index (χ0v) is 9.99. The van der Waals surface area contributed by atoms with Gasteiger partial charge in [-0.25, -0.2) is 0 Å². The average molecular weight is 282 g/mol. The highest BCUT2D eigenvalue weighted by Crippen LogP contribution is 2.17. The van der Waals surface area contributed by atoms with E-state index < -0.39 is 21.1 Å². The van der Waals surface area contributed by atoms with Crippen molar-refractivity contribution in [2.24, 2.45) is 0 Å². The van der Waals surface area contributed by atoms with Gasteiger partial charge >= 0.3 is 21.1 Å². The maximum absolute atomic E-state index is 10.2. The van der Waals surface area contributed by atoms with Crippen LogP contribution < -0.4 is 27.9 Å². The van der Waals surface area contributed by atoms with Crippen LogP contribution in [0.1, 0.15) is 32.1 Å². The van der Waals surface area contributed by atoms with Gasteiger partial charge in [-0.2, -0.15) is 0 Å². The highest BCUT2D eigenvalue weighted by atomic mass is 127. The van der Waals surface area contributed by atoms with Crippen LogP contribution in [0.25, 0.3) is 0 Å². The molecule has 0 amide bonds. The van der Waals surface area contributed by atoms with E-state index in [9.17, 15) is 6.87 Å². The number of halogens is 1. The second-order valence-corrected chi connectivity index (χ2v) is 4.13. The van der Waals surface area contributed by atoms with Crippen LogP contribution in [0.4, 0.5) is 0 Å². The molecule has 0 heterocycles. The Kier molecular flexibility index (Phi) is 7.70. The van der Waals surface area contributed by atoms with Gasteiger partial charge in [0.2, 0.25) is 0 Å². The van der Waals surface area contributed by atoms with Crippen LogP contribution in [0, 0.1) is 0 Å². The summed E-state index contributed by atoms with van der Waals surface area (Å²) >= 11 is -3.39. The van der Waals surface area contributed by atoms with Crippen molar-refractivity contribution in [2.45, 2.75) is 38.2 Å².